The summed E-state index contributed by atoms with van der Waals surface area (Å²) in [6.45, 7) is 7.95. The molecule has 0 aliphatic heterocycles. The van der Waals surface area contributed by atoms with Crippen molar-refractivity contribution >= 4 is 29.9 Å². The van der Waals surface area contributed by atoms with Crippen LogP contribution in [0.5, 0.6) is 0 Å². The Morgan fingerprint density at radius 1 is 1.09 bits per heavy atom. The van der Waals surface area contributed by atoms with Gasteiger partial charge < -0.3 is 15.1 Å². The van der Waals surface area contributed by atoms with Gasteiger partial charge in [0.25, 0.3) is 0 Å². The van der Waals surface area contributed by atoms with E-state index in [0.29, 0.717) is 0 Å². The van der Waals surface area contributed by atoms with E-state index in [1.54, 1.807) is 0 Å². The van der Waals surface area contributed by atoms with Crippen molar-refractivity contribution in [3.05, 3.63) is 35.4 Å². The van der Waals surface area contributed by atoms with Gasteiger partial charge in [0.2, 0.25) is 0 Å². The lowest BCUT2D eigenvalue weighted by molar-refractivity contribution is 0.401. The van der Waals surface area contributed by atoms with Gasteiger partial charge in [0.05, 0.1) is 6.54 Å². The first kappa shape index (κ1) is 22.2. The Morgan fingerprint density at radius 2 is 1.74 bits per heavy atom. The first-order chi connectivity index (χ1) is 10.6. The molecule has 0 aromatic heterocycles. The average molecular weight is 432 g/mol. The monoisotopic (exact) mass is 432 g/mol. The minimum absolute atomic E-state index is 0. The molecule has 0 heterocycles. The van der Waals surface area contributed by atoms with E-state index in [4.69, 9.17) is 4.99 Å². The van der Waals surface area contributed by atoms with E-state index in [2.05, 4.69) is 74.4 Å². The Balaban J connectivity index is 0.00000484. The molecule has 1 N–H and O–H groups in total. The molecule has 0 amide bonds. The molecule has 0 bridgehead atoms. The number of nitrogens with zero attached hydrogens (tertiary/aromatic N) is 3. The lowest BCUT2D eigenvalue weighted by Crippen LogP contribution is -2.39. The Labute approximate surface area is 159 Å². The number of hydrogen-bond donors (Lipinski definition) is 1. The SMILES string of the molecule is CCCCN(C)C(=NCc1ccccc1CN(C)C)NCC.I. The fraction of sp³-hybridized carbons (Fsp3) is 0.611. The van der Waals surface area contributed by atoms with Crippen LogP contribution in [0.2, 0.25) is 0 Å². The zero-order chi connectivity index (χ0) is 16.4. The van der Waals surface area contributed by atoms with Crippen molar-refractivity contribution in [2.24, 2.45) is 4.99 Å². The van der Waals surface area contributed by atoms with Crippen molar-refractivity contribution < 1.29 is 0 Å². The molecule has 0 spiro atoms. The number of benzene rings is 1. The third kappa shape index (κ3) is 8.55. The summed E-state index contributed by atoms with van der Waals surface area (Å²) in [5.41, 5.74) is 2.65. The second-order valence-corrected chi connectivity index (χ2v) is 5.95. The Bertz CT molecular complexity index is 460. The highest BCUT2D eigenvalue weighted by Gasteiger charge is 2.06. The second kappa shape index (κ2) is 12.6. The highest BCUT2D eigenvalue weighted by atomic mass is 127. The van der Waals surface area contributed by atoms with Crippen molar-refractivity contribution in [3.8, 4) is 0 Å². The molecule has 0 aliphatic carbocycles. The van der Waals surface area contributed by atoms with Gasteiger partial charge in [0, 0.05) is 26.7 Å². The molecule has 1 aromatic rings. The van der Waals surface area contributed by atoms with E-state index in [0.717, 1.165) is 32.1 Å². The minimum Gasteiger partial charge on any atom is -0.357 e. The molecule has 23 heavy (non-hydrogen) atoms. The summed E-state index contributed by atoms with van der Waals surface area (Å²) in [6.07, 6.45) is 2.40. The van der Waals surface area contributed by atoms with Crippen molar-refractivity contribution in [1.29, 1.82) is 0 Å². The second-order valence-electron chi connectivity index (χ2n) is 5.95. The van der Waals surface area contributed by atoms with Gasteiger partial charge in [-0.25, -0.2) is 4.99 Å². The maximum atomic E-state index is 4.82. The van der Waals surface area contributed by atoms with Crippen LogP contribution in [-0.2, 0) is 13.1 Å². The number of halogens is 1. The van der Waals surface area contributed by atoms with Gasteiger partial charge >= 0.3 is 0 Å². The lowest BCUT2D eigenvalue weighted by Gasteiger charge is -2.22. The third-order valence-corrected chi connectivity index (χ3v) is 3.55. The molecule has 132 valence electrons. The van der Waals surface area contributed by atoms with Crippen LogP contribution in [0.25, 0.3) is 0 Å². The molecular weight excluding hydrogens is 399 g/mol. The maximum absolute atomic E-state index is 4.82. The van der Waals surface area contributed by atoms with Gasteiger partial charge in [0.15, 0.2) is 5.96 Å². The fourth-order valence-electron chi connectivity index (χ4n) is 2.34. The Kier molecular flexibility index (Phi) is 12.1. The first-order valence-electron chi connectivity index (χ1n) is 8.29. The number of aliphatic imine (C=N–C) groups is 1. The zero-order valence-electron chi connectivity index (χ0n) is 15.3. The van der Waals surface area contributed by atoms with Crippen molar-refractivity contribution in [2.45, 2.75) is 39.8 Å². The van der Waals surface area contributed by atoms with E-state index >= 15 is 0 Å². The fourth-order valence-corrected chi connectivity index (χ4v) is 2.34. The van der Waals surface area contributed by atoms with Crippen LogP contribution in [0, 0.1) is 0 Å². The molecule has 0 saturated carbocycles. The summed E-state index contributed by atoms with van der Waals surface area (Å²) in [5.74, 6) is 0.996. The molecule has 0 unspecified atom stereocenters. The summed E-state index contributed by atoms with van der Waals surface area (Å²) in [4.78, 5) is 9.24. The topological polar surface area (TPSA) is 30.9 Å². The molecule has 0 radical (unpaired) electrons. The van der Waals surface area contributed by atoms with Crippen molar-refractivity contribution in [2.75, 3.05) is 34.2 Å². The summed E-state index contributed by atoms with van der Waals surface area (Å²) < 4.78 is 0. The quantitative estimate of drug-likeness (QED) is 0.387. The molecule has 1 aromatic carbocycles. The lowest BCUT2D eigenvalue weighted by atomic mass is 10.1. The normalized spacial score (nSPS) is 11.3. The molecular formula is C18H33IN4. The minimum atomic E-state index is 0. The highest BCUT2D eigenvalue weighted by Crippen LogP contribution is 2.12. The number of hydrogen-bond acceptors (Lipinski definition) is 2. The number of guanidine groups is 1. The van der Waals surface area contributed by atoms with Gasteiger partial charge in [-0.05, 0) is 38.6 Å². The van der Waals surface area contributed by atoms with Crippen LogP contribution in [0.15, 0.2) is 29.3 Å². The van der Waals surface area contributed by atoms with E-state index in [-0.39, 0.29) is 24.0 Å². The van der Waals surface area contributed by atoms with Gasteiger partial charge in [-0.3, -0.25) is 0 Å². The van der Waals surface area contributed by atoms with Crippen LogP contribution in [0.3, 0.4) is 0 Å². The van der Waals surface area contributed by atoms with Crippen molar-refractivity contribution in [1.82, 2.24) is 15.1 Å². The molecule has 5 heteroatoms. The van der Waals surface area contributed by atoms with E-state index < -0.39 is 0 Å². The zero-order valence-corrected chi connectivity index (χ0v) is 17.6. The predicted octanol–water partition coefficient (Wildman–Crippen LogP) is 3.56. The Hall–Kier alpha value is -0.820. The van der Waals surface area contributed by atoms with Crippen LogP contribution in [0.1, 0.15) is 37.8 Å². The summed E-state index contributed by atoms with van der Waals surface area (Å²) in [7, 11) is 6.31. The average Bonchev–Trinajstić information content (AvgIpc) is 2.49. The largest absolute Gasteiger partial charge is 0.357 e. The Morgan fingerprint density at radius 3 is 2.30 bits per heavy atom. The molecule has 4 nitrogen and oxygen atoms in total. The van der Waals surface area contributed by atoms with Crippen LogP contribution in [0.4, 0.5) is 0 Å². The third-order valence-electron chi connectivity index (χ3n) is 3.55. The molecule has 1 rings (SSSR count). The van der Waals surface area contributed by atoms with Gasteiger partial charge in [-0.15, -0.1) is 24.0 Å². The number of nitrogens with one attached hydrogen (secondary N) is 1. The molecule has 0 aliphatic rings. The summed E-state index contributed by atoms with van der Waals surface area (Å²) in [5, 5.41) is 3.39. The number of rotatable bonds is 8. The van der Waals surface area contributed by atoms with Gasteiger partial charge in [-0.1, -0.05) is 37.6 Å². The smallest absolute Gasteiger partial charge is 0.193 e. The van der Waals surface area contributed by atoms with E-state index in [1.165, 1.54) is 24.0 Å². The van der Waals surface area contributed by atoms with E-state index in [1.807, 2.05) is 0 Å². The van der Waals surface area contributed by atoms with Crippen LogP contribution >= 0.6 is 24.0 Å². The highest BCUT2D eigenvalue weighted by molar-refractivity contribution is 14.0. The summed E-state index contributed by atoms with van der Waals surface area (Å²) >= 11 is 0. The predicted molar refractivity (Wildman–Crippen MR) is 112 cm³/mol. The molecule has 0 saturated heterocycles. The first-order valence-corrected chi connectivity index (χ1v) is 8.29. The summed E-state index contributed by atoms with van der Waals surface area (Å²) in [6, 6.07) is 8.57. The standard InChI is InChI=1S/C18H32N4.HI/c1-6-8-13-22(5)18(19-7-2)20-14-16-11-9-10-12-17(16)15-21(3)4;/h9-12H,6-8,13-15H2,1-5H3,(H,19,20);1H. The van der Waals surface area contributed by atoms with Crippen LogP contribution in [-0.4, -0.2) is 50.0 Å². The van der Waals surface area contributed by atoms with Gasteiger partial charge in [0.1, 0.15) is 0 Å². The van der Waals surface area contributed by atoms with Crippen molar-refractivity contribution in [3.63, 3.8) is 0 Å². The maximum Gasteiger partial charge on any atom is 0.193 e. The van der Waals surface area contributed by atoms with Gasteiger partial charge in [-0.2, -0.15) is 0 Å². The van der Waals surface area contributed by atoms with Crippen LogP contribution < -0.4 is 5.32 Å². The molecule has 0 fully saturated rings. The van der Waals surface area contributed by atoms with E-state index in [9.17, 15) is 0 Å². The molecule has 0 atom stereocenters. The number of unbranched alkanes of at least 4 members (excludes halogenated alkanes) is 1.